The Labute approximate surface area is 142 Å². The molecule has 2 aliphatic heterocycles. The molecule has 5 rings (SSSR count). The molecular formula is C19H13NO5. The van der Waals surface area contributed by atoms with Gasteiger partial charge in [-0.25, -0.2) is 4.79 Å². The van der Waals surface area contributed by atoms with Crippen LogP contribution in [-0.2, 0) is 4.84 Å². The molecule has 0 radical (unpaired) electrons. The summed E-state index contributed by atoms with van der Waals surface area (Å²) >= 11 is 0. The highest BCUT2D eigenvalue weighted by atomic mass is 16.7. The van der Waals surface area contributed by atoms with Crippen molar-refractivity contribution >= 4 is 16.7 Å². The van der Waals surface area contributed by atoms with E-state index in [1.54, 1.807) is 12.1 Å². The van der Waals surface area contributed by atoms with Crippen LogP contribution in [0.2, 0.25) is 0 Å². The van der Waals surface area contributed by atoms with E-state index in [1.165, 1.54) is 0 Å². The molecule has 6 nitrogen and oxygen atoms in total. The lowest BCUT2D eigenvalue weighted by Gasteiger charge is -2.09. The van der Waals surface area contributed by atoms with E-state index in [1.807, 2.05) is 36.4 Å². The van der Waals surface area contributed by atoms with Crippen molar-refractivity contribution in [3.63, 3.8) is 0 Å². The zero-order valence-corrected chi connectivity index (χ0v) is 13.1. The third kappa shape index (κ3) is 2.34. The fraction of sp³-hybridized carbons (Fsp3) is 0.158. The second-order valence-corrected chi connectivity index (χ2v) is 5.93. The highest BCUT2D eigenvalue weighted by Crippen LogP contribution is 2.37. The number of hydrogen-bond donors (Lipinski definition) is 0. The van der Waals surface area contributed by atoms with Crippen molar-refractivity contribution in [2.24, 2.45) is 5.16 Å². The van der Waals surface area contributed by atoms with E-state index in [4.69, 9.17) is 18.7 Å². The normalized spacial score (nSPS) is 18.2. The van der Waals surface area contributed by atoms with E-state index in [9.17, 15) is 4.79 Å². The fourth-order valence-electron chi connectivity index (χ4n) is 3.09. The SMILES string of the molecule is O=c1oc2ccccc2cc1C1=NO[C@H](c2ccc3c(c2)OCO3)C1. The molecule has 6 heteroatoms. The maximum atomic E-state index is 12.3. The number of benzene rings is 2. The molecule has 0 saturated heterocycles. The van der Waals surface area contributed by atoms with E-state index in [0.717, 1.165) is 16.7 Å². The van der Waals surface area contributed by atoms with Crippen LogP contribution in [0, 0.1) is 0 Å². The summed E-state index contributed by atoms with van der Waals surface area (Å²) in [5, 5.41) is 4.96. The minimum atomic E-state index is -0.410. The van der Waals surface area contributed by atoms with E-state index < -0.39 is 5.63 Å². The number of nitrogens with zero attached hydrogens (tertiary/aromatic N) is 1. The van der Waals surface area contributed by atoms with Crippen LogP contribution >= 0.6 is 0 Å². The molecule has 0 N–H and O–H groups in total. The Morgan fingerprint density at radius 2 is 1.88 bits per heavy atom. The smallest absolute Gasteiger partial charge is 0.345 e. The van der Waals surface area contributed by atoms with Crippen LogP contribution < -0.4 is 15.1 Å². The van der Waals surface area contributed by atoms with Gasteiger partial charge in [0.15, 0.2) is 17.6 Å². The summed E-state index contributed by atoms with van der Waals surface area (Å²) in [6.07, 6.45) is 0.221. The van der Waals surface area contributed by atoms with Gasteiger partial charge >= 0.3 is 5.63 Å². The van der Waals surface area contributed by atoms with Gasteiger partial charge in [0.05, 0.1) is 11.3 Å². The van der Waals surface area contributed by atoms with Crippen molar-refractivity contribution in [2.75, 3.05) is 6.79 Å². The number of para-hydroxylation sites is 1. The van der Waals surface area contributed by atoms with Gasteiger partial charge < -0.3 is 18.7 Å². The maximum absolute atomic E-state index is 12.3. The molecule has 1 atom stereocenters. The first-order valence-electron chi connectivity index (χ1n) is 7.93. The van der Waals surface area contributed by atoms with E-state index >= 15 is 0 Å². The van der Waals surface area contributed by atoms with E-state index in [-0.39, 0.29) is 12.9 Å². The molecule has 0 spiro atoms. The zero-order chi connectivity index (χ0) is 16.8. The second kappa shape index (κ2) is 5.37. The lowest BCUT2D eigenvalue weighted by Crippen LogP contribution is -2.13. The Hall–Kier alpha value is -3.28. The first-order chi connectivity index (χ1) is 12.3. The van der Waals surface area contributed by atoms with Crippen LogP contribution in [0.4, 0.5) is 0 Å². The summed E-state index contributed by atoms with van der Waals surface area (Å²) in [4.78, 5) is 17.8. The van der Waals surface area contributed by atoms with Gasteiger partial charge in [0.1, 0.15) is 5.58 Å². The van der Waals surface area contributed by atoms with Crippen molar-refractivity contribution in [1.82, 2.24) is 0 Å². The predicted molar refractivity (Wildman–Crippen MR) is 90.0 cm³/mol. The molecule has 0 fully saturated rings. The summed E-state index contributed by atoms with van der Waals surface area (Å²) in [7, 11) is 0. The number of fused-ring (bicyclic) bond motifs is 2. The van der Waals surface area contributed by atoms with Gasteiger partial charge in [-0.1, -0.05) is 29.4 Å². The summed E-state index contributed by atoms with van der Waals surface area (Å²) in [5.74, 6) is 1.41. The first-order valence-corrected chi connectivity index (χ1v) is 7.93. The average molecular weight is 335 g/mol. The molecule has 25 heavy (non-hydrogen) atoms. The lowest BCUT2D eigenvalue weighted by atomic mass is 10.0. The Kier molecular flexibility index (Phi) is 3.03. The van der Waals surface area contributed by atoms with Crippen LogP contribution in [0.1, 0.15) is 23.7 Å². The lowest BCUT2D eigenvalue weighted by molar-refractivity contribution is 0.0855. The van der Waals surface area contributed by atoms with Crippen LogP contribution in [0.15, 0.2) is 62.9 Å². The molecule has 0 unspecified atom stereocenters. The molecule has 3 aromatic rings. The molecule has 0 aliphatic carbocycles. The Balaban J connectivity index is 1.45. The molecule has 124 valence electrons. The van der Waals surface area contributed by atoms with E-state index in [0.29, 0.717) is 29.0 Å². The van der Waals surface area contributed by atoms with Crippen molar-refractivity contribution in [3.8, 4) is 11.5 Å². The summed E-state index contributed by atoms with van der Waals surface area (Å²) < 4.78 is 16.1. The van der Waals surface area contributed by atoms with Gasteiger partial charge in [-0.05, 0) is 29.8 Å². The highest BCUT2D eigenvalue weighted by Gasteiger charge is 2.27. The van der Waals surface area contributed by atoms with Crippen LogP contribution in [0.3, 0.4) is 0 Å². The second-order valence-electron chi connectivity index (χ2n) is 5.93. The topological polar surface area (TPSA) is 70.3 Å². The standard InChI is InChI=1S/C19H13NO5/c21-19-13(7-11-3-1-2-4-15(11)24-19)14-9-17(25-20-14)12-5-6-16-18(8-12)23-10-22-16/h1-8,17H,9-10H2/t17-/m0/s1. The molecule has 2 aromatic carbocycles. The molecular weight excluding hydrogens is 322 g/mol. The quantitative estimate of drug-likeness (QED) is 0.671. The van der Waals surface area contributed by atoms with Gasteiger partial charge in [-0.15, -0.1) is 0 Å². The van der Waals surface area contributed by atoms with Crippen molar-refractivity contribution in [2.45, 2.75) is 12.5 Å². The van der Waals surface area contributed by atoms with Crippen molar-refractivity contribution < 1.29 is 18.7 Å². The fourth-order valence-corrected chi connectivity index (χ4v) is 3.09. The monoisotopic (exact) mass is 335 g/mol. The predicted octanol–water partition coefficient (Wildman–Crippen LogP) is 3.39. The molecule has 2 aliphatic rings. The van der Waals surface area contributed by atoms with Gasteiger partial charge in [-0.3, -0.25) is 0 Å². The van der Waals surface area contributed by atoms with Crippen molar-refractivity contribution in [3.05, 3.63) is 70.1 Å². The minimum Gasteiger partial charge on any atom is -0.454 e. The third-order valence-electron chi connectivity index (χ3n) is 4.39. The molecule has 0 bridgehead atoms. The number of hydrogen-bond acceptors (Lipinski definition) is 6. The van der Waals surface area contributed by atoms with Crippen LogP contribution in [-0.4, -0.2) is 12.5 Å². The highest BCUT2D eigenvalue weighted by molar-refractivity contribution is 6.02. The molecule has 0 saturated carbocycles. The molecule has 1 aromatic heterocycles. The summed E-state index contributed by atoms with van der Waals surface area (Å²) in [6, 6.07) is 14.8. The summed E-state index contributed by atoms with van der Waals surface area (Å²) in [5.41, 5.74) is 2.09. The Morgan fingerprint density at radius 1 is 1.00 bits per heavy atom. The first kappa shape index (κ1) is 14.1. The minimum absolute atomic E-state index is 0.226. The molecule has 0 amide bonds. The van der Waals surface area contributed by atoms with Gasteiger partial charge in [-0.2, -0.15) is 0 Å². The Bertz CT molecular complexity index is 1070. The number of rotatable bonds is 2. The van der Waals surface area contributed by atoms with Gasteiger partial charge in [0.2, 0.25) is 6.79 Å². The van der Waals surface area contributed by atoms with Gasteiger partial charge in [0, 0.05) is 11.8 Å². The van der Waals surface area contributed by atoms with Crippen LogP contribution in [0.5, 0.6) is 11.5 Å². The van der Waals surface area contributed by atoms with Crippen LogP contribution in [0.25, 0.3) is 11.0 Å². The van der Waals surface area contributed by atoms with E-state index in [2.05, 4.69) is 5.16 Å². The number of ether oxygens (including phenoxy) is 2. The summed E-state index contributed by atoms with van der Waals surface area (Å²) in [6.45, 7) is 0.226. The molecule has 3 heterocycles. The Morgan fingerprint density at radius 3 is 2.84 bits per heavy atom. The zero-order valence-electron chi connectivity index (χ0n) is 13.1. The number of oxime groups is 1. The van der Waals surface area contributed by atoms with Gasteiger partial charge in [0.25, 0.3) is 0 Å². The maximum Gasteiger partial charge on any atom is 0.345 e. The average Bonchev–Trinajstić information content (AvgIpc) is 3.29. The third-order valence-corrected chi connectivity index (χ3v) is 4.39. The van der Waals surface area contributed by atoms with Crippen molar-refractivity contribution in [1.29, 1.82) is 0 Å². The largest absolute Gasteiger partial charge is 0.454 e.